The van der Waals surface area contributed by atoms with Crippen LogP contribution in [-0.4, -0.2) is 46.1 Å². The van der Waals surface area contributed by atoms with Crippen molar-refractivity contribution < 1.29 is 30.9 Å². The topological polar surface area (TPSA) is 112 Å². The lowest BCUT2D eigenvalue weighted by Gasteiger charge is -2.08. The van der Waals surface area contributed by atoms with Crippen molar-refractivity contribution in [3.05, 3.63) is 90.0 Å². The number of fused-ring (bicyclic) bond motifs is 1. The molecule has 0 aliphatic carbocycles. The number of hydrogen-bond acceptors (Lipinski definition) is 6. The van der Waals surface area contributed by atoms with E-state index in [1.165, 1.54) is 29.0 Å². The molecule has 0 aliphatic heterocycles. The van der Waals surface area contributed by atoms with Gasteiger partial charge in [0.2, 0.25) is 5.76 Å². The number of halogens is 3. The van der Waals surface area contributed by atoms with Gasteiger partial charge in [0.1, 0.15) is 17.5 Å². The van der Waals surface area contributed by atoms with Gasteiger partial charge in [-0.05, 0) is 17.7 Å². The molecule has 0 aliphatic rings. The number of nitrogens with zero attached hydrogens (tertiary/aromatic N) is 4. The van der Waals surface area contributed by atoms with Gasteiger partial charge in [-0.2, -0.15) is 5.10 Å². The van der Waals surface area contributed by atoms with Crippen LogP contribution in [0.3, 0.4) is 0 Å². The summed E-state index contributed by atoms with van der Waals surface area (Å²) in [5.41, 5.74) is 1.42. The minimum Gasteiger partial charge on any atom is -0.351 e. The number of amides is 1. The molecule has 5 aromatic rings. The second kappa shape index (κ2) is 9.82. The van der Waals surface area contributed by atoms with Gasteiger partial charge in [0, 0.05) is 49.2 Å². The van der Waals surface area contributed by atoms with Crippen LogP contribution >= 0.6 is 0 Å². The normalized spacial score (nSPS) is 11.8. The summed E-state index contributed by atoms with van der Waals surface area (Å²) in [6.07, 6.45) is 5.72. The van der Waals surface area contributed by atoms with Gasteiger partial charge in [-0.15, -0.1) is 0 Å². The van der Waals surface area contributed by atoms with E-state index >= 15 is 4.39 Å². The fourth-order valence-electron chi connectivity index (χ4n) is 4.11. The van der Waals surface area contributed by atoms with Crippen molar-refractivity contribution in [2.45, 2.75) is 11.4 Å². The SMILES string of the molecule is Cn1cc(-c2ccc(Cn3cc(S(=O)(=O)CCNC(=O)c4ccno4)c4c(F)cc(F)cc43)c(F)c2)cn1. The number of hydrogen-bond donors (Lipinski definition) is 1. The molecular weight excluding hydrogens is 523 g/mol. The summed E-state index contributed by atoms with van der Waals surface area (Å²) in [5, 5.41) is 9.54. The standard InChI is InChI=1S/C25H20F3N5O4S/c1-32-12-17(11-30-32)15-2-3-16(19(27)8-15)13-33-14-23(24-20(28)9-18(26)10-21(24)33)38(35,36)7-6-29-25(34)22-4-5-31-37-22/h2-5,8-12,14H,6-7,13H2,1H3,(H,29,34). The van der Waals surface area contributed by atoms with E-state index in [0.717, 1.165) is 12.3 Å². The number of rotatable bonds is 8. The zero-order valence-corrected chi connectivity index (χ0v) is 20.7. The van der Waals surface area contributed by atoms with E-state index in [9.17, 15) is 22.0 Å². The van der Waals surface area contributed by atoms with Gasteiger partial charge < -0.3 is 14.4 Å². The van der Waals surface area contributed by atoms with E-state index in [-0.39, 0.29) is 35.3 Å². The van der Waals surface area contributed by atoms with Crippen molar-refractivity contribution in [2.75, 3.05) is 12.3 Å². The van der Waals surface area contributed by atoms with Crippen LogP contribution in [-0.2, 0) is 23.4 Å². The predicted molar refractivity (Wildman–Crippen MR) is 130 cm³/mol. The predicted octanol–water partition coefficient (Wildman–Crippen LogP) is 3.70. The molecule has 0 unspecified atom stereocenters. The molecule has 0 saturated heterocycles. The Kier molecular flexibility index (Phi) is 6.53. The molecule has 1 N–H and O–H groups in total. The lowest BCUT2D eigenvalue weighted by molar-refractivity contribution is 0.0919. The first-order chi connectivity index (χ1) is 18.1. The van der Waals surface area contributed by atoms with E-state index in [1.54, 1.807) is 30.2 Å². The van der Waals surface area contributed by atoms with E-state index in [1.807, 2.05) is 0 Å². The Hall–Kier alpha value is -4.39. The minimum absolute atomic E-state index is 0.0532. The first-order valence-corrected chi connectivity index (χ1v) is 12.9. The molecule has 0 atom stereocenters. The zero-order chi connectivity index (χ0) is 27.0. The highest BCUT2D eigenvalue weighted by Gasteiger charge is 2.25. The number of aromatic nitrogens is 4. The fraction of sp³-hybridized carbons (Fsp3) is 0.160. The van der Waals surface area contributed by atoms with Crippen LogP contribution in [0.2, 0.25) is 0 Å². The largest absolute Gasteiger partial charge is 0.351 e. The molecule has 0 fully saturated rings. The molecule has 3 heterocycles. The summed E-state index contributed by atoms with van der Waals surface area (Å²) < 4.78 is 77.9. The lowest BCUT2D eigenvalue weighted by Crippen LogP contribution is -2.28. The Morgan fingerprint density at radius 2 is 1.87 bits per heavy atom. The van der Waals surface area contributed by atoms with E-state index in [4.69, 9.17) is 4.52 Å². The second-order valence-corrected chi connectivity index (χ2v) is 10.6. The van der Waals surface area contributed by atoms with Gasteiger partial charge in [-0.1, -0.05) is 17.3 Å². The summed E-state index contributed by atoms with van der Waals surface area (Å²) in [6, 6.07) is 7.40. The molecule has 0 spiro atoms. The monoisotopic (exact) mass is 543 g/mol. The number of nitrogens with one attached hydrogen (secondary N) is 1. The van der Waals surface area contributed by atoms with Crippen LogP contribution in [0.15, 0.2) is 70.6 Å². The summed E-state index contributed by atoms with van der Waals surface area (Å²) in [7, 11) is -2.42. The highest BCUT2D eigenvalue weighted by Crippen LogP contribution is 2.31. The Morgan fingerprint density at radius 1 is 1.05 bits per heavy atom. The molecule has 3 aromatic heterocycles. The maximum absolute atomic E-state index is 15.0. The Labute approximate surface area is 214 Å². The number of sulfone groups is 1. The molecule has 2 aromatic carbocycles. The summed E-state index contributed by atoms with van der Waals surface area (Å²) >= 11 is 0. The van der Waals surface area contributed by atoms with Crippen LogP contribution in [0.4, 0.5) is 13.2 Å². The Bertz CT molecular complexity index is 1760. The number of benzene rings is 2. The van der Waals surface area contributed by atoms with Crippen LogP contribution in [0.1, 0.15) is 16.1 Å². The number of carbonyl (C=O) groups excluding carboxylic acids is 1. The average Bonchev–Trinajstić information content (AvgIpc) is 3.61. The Balaban J connectivity index is 1.45. The van der Waals surface area contributed by atoms with Gasteiger partial charge in [0.05, 0.1) is 40.5 Å². The number of aryl methyl sites for hydroxylation is 1. The highest BCUT2D eigenvalue weighted by molar-refractivity contribution is 7.91. The summed E-state index contributed by atoms with van der Waals surface area (Å²) in [6.45, 7) is -0.488. The molecule has 1 amide bonds. The fourth-order valence-corrected chi connectivity index (χ4v) is 5.50. The van der Waals surface area contributed by atoms with Crippen LogP contribution < -0.4 is 5.32 Å². The molecule has 0 saturated carbocycles. The van der Waals surface area contributed by atoms with E-state index < -0.39 is 43.8 Å². The lowest BCUT2D eigenvalue weighted by atomic mass is 10.1. The first-order valence-electron chi connectivity index (χ1n) is 11.3. The van der Waals surface area contributed by atoms with Crippen molar-refractivity contribution >= 4 is 26.6 Å². The third-order valence-electron chi connectivity index (χ3n) is 5.95. The molecule has 13 heteroatoms. The molecule has 38 heavy (non-hydrogen) atoms. The van der Waals surface area contributed by atoms with Crippen molar-refractivity contribution in [2.24, 2.45) is 7.05 Å². The smallest absolute Gasteiger partial charge is 0.289 e. The third-order valence-corrected chi connectivity index (χ3v) is 7.67. The molecule has 5 rings (SSSR count). The van der Waals surface area contributed by atoms with Crippen molar-refractivity contribution in [3.63, 3.8) is 0 Å². The van der Waals surface area contributed by atoms with Gasteiger partial charge in [0.15, 0.2) is 9.84 Å². The van der Waals surface area contributed by atoms with Crippen molar-refractivity contribution in [1.29, 1.82) is 0 Å². The van der Waals surface area contributed by atoms with Crippen LogP contribution in [0, 0.1) is 17.5 Å². The van der Waals surface area contributed by atoms with Crippen LogP contribution in [0.25, 0.3) is 22.0 Å². The Morgan fingerprint density at radius 3 is 2.55 bits per heavy atom. The van der Waals surface area contributed by atoms with Crippen molar-refractivity contribution in [3.8, 4) is 11.1 Å². The van der Waals surface area contributed by atoms with Gasteiger partial charge in [0.25, 0.3) is 5.91 Å². The molecule has 196 valence electrons. The summed E-state index contributed by atoms with van der Waals surface area (Å²) in [4.78, 5) is 11.6. The zero-order valence-electron chi connectivity index (χ0n) is 19.9. The second-order valence-electron chi connectivity index (χ2n) is 8.56. The van der Waals surface area contributed by atoms with E-state index in [2.05, 4.69) is 15.6 Å². The highest BCUT2D eigenvalue weighted by atomic mass is 32.2. The third kappa shape index (κ3) is 4.92. The maximum Gasteiger partial charge on any atom is 0.289 e. The van der Waals surface area contributed by atoms with Gasteiger partial charge in [-0.3, -0.25) is 9.48 Å². The van der Waals surface area contributed by atoms with Crippen LogP contribution in [0.5, 0.6) is 0 Å². The molecule has 9 nitrogen and oxygen atoms in total. The quantitative estimate of drug-likeness (QED) is 0.320. The maximum atomic E-state index is 15.0. The van der Waals surface area contributed by atoms with Crippen molar-refractivity contribution in [1.82, 2.24) is 24.8 Å². The van der Waals surface area contributed by atoms with Gasteiger partial charge >= 0.3 is 0 Å². The van der Waals surface area contributed by atoms with Gasteiger partial charge in [-0.25, -0.2) is 21.6 Å². The summed E-state index contributed by atoms with van der Waals surface area (Å²) in [5.74, 6) is -3.91. The minimum atomic E-state index is -4.16. The first kappa shape index (κ1) is 25.3. The average molecular weight is 544 g/mol. The molecule has 0 bridgehead atoms. The molecular formula is C25H20F3N5O4S. The molecule has 0 radical (unpaired) electrons. The number of carbonyl (C=O) groups is 1. The van der Waals surface area contributed by atoms with E-state index in [0.29, 0.717) is 17.2 Å².